The highest BCUT2D eigenvalue weighted by Crippen LogP contribution is 2.36. The number of rotatable bonds is 3. The van der Waals surface area contributed by atoms with E-state index >= 15 is 0 Å². The Labute approximate surface area is 227 Å². The second kappa shape index (κ2) is 13.2. The summed E-state index contributed by atoms with van der Waals surface area (Å²) < 4.78 is 161. The van der Waals surface area contributed by atoms with Crippen molar-refractivity contribution in [2.24, 2.45) is 0 Å². The number of H-pyrrole nitrogens is 1. The first-order valence-corrected chi connectivity index (χ1v) is 11.2. The molecule has 0 aliphatic rings. The molecular weight excluding hydrogens is 606 g/mol. The average molecular weight is 621 g/mol. The molecule has 0 fully saturated rings. The number of benzene rings is 2. The lowest BCUT2D eigenvalue weighted by molar-refractivity contribution is -0.377. The largest absolute Gasteiger partial charge is 0.673 e. The van der Waals surface area contributed by atoms with E-state index in [1.54, 1.807) is 36.7 Å². The van der Waals surface area contributed by atoms with Crippen molar-refractivity contribution in [1.82, 2.24) is 0 Å². The fourth-order valence-electron chi connectivity index (χ4n) is 3.18. The van der Waals surface area contributed by atoms with Crippen LogP contribution in [0.5, 0.6) is 0 Å². The van der Waals surface area contributed by atoms with Crippen LogP contribution in [0.25, 0.3) is 33.8 Å². The molecule has 0 bridgehead atoms. The minimum absolute atomic E-state index is 0.277. The van der Waals surface area contributed by atoms with Gasteiger partial charge in [0.25, 0.3) is 0 Å². The van der Waals surface area contributed by atoms with Gasteiger partial charge in [0, 0.05) is 17.7 Å². The maximum atomic E-state index is 12.9. The average Bonchev–Trinajstić information content (AvgIpc) is 2.86. The fourth-order valence-corrected chi connectivity index (χ4v) is 3.18. The van der Waals surface area contributed by atoms with Crippen molar-refractivity contribution in [2.45, 2.75) is 12.4 Å². The summed E-state index contributed by atoms with van der Waals surface area (Å²) in [5.41, 5.74) is 0.694. The Balaban J connectivity index is 0.000000533. The Morgan fingerprint density at radius 3 is 1.05 bits per heavy atom. The molecule has 4 aromatic rings. The van der Waals surface area contributed by atoms with Crippen LogP contribution in [-0.4, -0.2) is 14.5 Å². The van der Waals surface area contributed by atoms with Gasteiger partial charge in [-0.05, 0) is 54.1 Å². The zero-order valence-corrected chi connectivity index (χ0v) is 20.4. The van der Waals surface area contributed by atoms with Gasteiger partial charge in [0.1, 0.15) is 0 Å². The van der Waals surface area contributed by atoms with Crippen LogP contribution in [0.3, 0.4) is 0 Å². The number of hydrogen-bond donors (Lipinski definition) is 0. The van der Waals surface area contributed by atoms with Crippen LogP contribution in [0.1, 0.15) is 11.1 Å². The zero-order valence-electron chi connectivity index (χ0n) is 20.4. The molecular formula is C24H15B2F14NO. The molecule has 0 radical (unpaired) electrons. The van der Waals surface area contributed by atoms with Gasteiger partial charge >= 0.3 is 38.4 Å². The first-order chi connectivity index (χ1) is 19.1. The van der Waals surface area contributed by atoms with E-state index < -0.39 is 38.0 Å². The summed E-state index contributed by atoms with van der Waals surface area (Å²) in [7, 11) is -12.0. The van der Waals surface area contributed by atoms with Crippen LogP contribution < -0.4 is 4.98 Å². The smallest absolute Gasteiger partial charge is 0.418 e. The van der Waals surface area contributed by atoms with Gasteiger partial charge in [-0.15, -0.1) is 0 Å². The molecule has 0 aliphatic carbocycles. The van der Waals surface area contributed by atoms with Gasteiger partial charge in [-0.25, -0.2) is 9.40 Å². The quantitative estimate of drug-likeness (QED) is 0.127. The van der Waals surface area contributed by atoms with Gasteiger partial charge in [0.2, 0.25) is 0 Å². The Bertz CT molecular complexity index is 1320. The van der Waals surface area contributed by atoms with Crippen LogP contribution in [-0.2, 0) is 12.4 Å². The lowest BCUT2D eigenvalue weighted by atomic mass is 10.0. The van der Waals surface area contributed by atoms with E-state index in [1.807, 2.05) is 0 Å². The minimum Gasteiger partial charge on any atom is -0.418 e. The minimum atomic E-state index is -6.00. The van der Waals surface area contributed by atoms with Crippen molar-refractivity contribution >= 4 is 14.5 Å². The van der Waals surface area contributed by atoms with Crippen molar-refractivity contribution in [3.05, 3.63) is 96.3 Å². The molecule has 1 N–H and O–H groups in total. The lowest BCUT2D eigenvalue weighted by Crippen LogP contribution is -2.04. The molecule has 0 unspecified atom stereocenters. The van der Waals surface area contributed by atoms with Crippen LogP contribution in [0.15, 0.2) is 89.6 Å². The van der Waals surface area contributed by atoms with E-state index in [4.69, 9.17) is 4.42 Å². The van der Waals surface area contributed by atoms with Crippen LogP contribution >= 0.6 is 0 Å². The van der Waals surface area contributed by atoms with E-state index in [9.17, 15) is 60.9 Å². The molecule has 42 heavy (non-hydrogen) atoms. The molecule has 0 atom stereocenters. The molecule has 4 rings (SSSR count). The standard InChI is InChI=1S/C24H14F6NO.2BF4/c25-23(26,27)19-5-1-16(2-6-19)21-13-18(15-9-11-31-12-10-15)14-22(32-21)17-3-7-20(8-4-17)24(28,29)30;2*2-1(3,4)5/h1-14H;;/q+1;2*-1/p+1. The number of hydrogen-bond acceptors (Lipinski definition) is 0. The van der Waals surface area contributed by atoms with E-state index in [0.29, 0.717) is 16.7 Å². The highest BCUT2D eigenvalue weighted by molar-refractivity contribution is 6.50. The molecule has 226 valence electrons. The molecule has 0 saturated carbocycles. The number of halogens is 14. The summed E-state index contributed by atoms with van der Waals surface area (Å²) >= 11 is 0. The third-order valence-electron chi connectivity index (χ3n) is 4.84. The molecule has 0 saturated heterocycles. The maximum absolute atomic E-state index is 12.9. The highest BCUT2D eigenvalue weighted by atomic mass is 19.5. The van der Waals surface area contributed by atoms with Gasteiger partial charge < -0.3 is 34.5 Å². The molecule has 2 aromatic heterocycles. The number of aromatic nitrogens is 1. The topological polar surface area (TPSA) is 25.4 Å². The van der Waals surface area contributed by atoms with E-state index in [2.05, 4.69) is 4.98 Å². The Kier molecular flexibility index (Phi) is 10.8. The molecule has 2 nitrogen and oxygen atoms in total. The Hall–Kier alpha value is -4.11. The molecule has 18 heteroatoms. The number of alkyl halides is 6. The fraction of sp³-hybridized carbons (Fsp3) is 0.0833. The first-order valence-electron chi connectivity index (χ1n) is 11.2. The number of nitrogens with one attached hydrogen (secondary N) is 1. The number of aromatic amines is 1. The van der Waals surface area contributed by atoms with Gasteiger partial charge in [-0.3, -0.25) is 0 Å². The van der Waals surface area contributed by atoms with Crippen molar-refractivity contribution in [1.29, 1.82) is 0 Å². The monoisotopic (exact) mass is 621 g/mol. The van der Waals surface area contributed by atoms with Crippen molar-refractivity contribution in [3.8, 4) is 33.8 Å². The van der Waals surface area contributed by atoms with E-state index in [1.165, 1.54) is 24.3 Å². The van der Waals surface area contributed by atoms with E-state index in [0.717, 1.165) is 29.8 Å². The van der Waals surface area contributed by atoms with Gasteiger partial charge in [-0.2, -0.15) is 26.3 Å². The Morgan fingerprint density at radius 2 is 0.762 bits per heavy atom. The first kappa shape index (κ1) is 34.1. The summed E-state index contributed by atoms with van der Waals surface area (Å²) in [6.07, 6.45) is -5.53. The predicted octanol–water partition coefficient (Wildman–Crippen LogP) is 10.0. The molecule has 2 aromatic carbocycles. The summed E-state index contributed by atoms with van der Waals surface area (Å²) in [6.45, 7) is 0. The second-order valence-corrected chi connectivity index (χ2v) is 8.00. The molecule has 2 heterocycles. The van der Waals surface area contributed by atoms with Crippen molar-refractivity contribution < 1.29 is 70.3 Å². The number of pyridine rings is 1. The third kappa shape index (κ3) is 12.2. The van der Waals surface area contributed by atoms with Crippen LogP contribution in [0.2, 0.25) is 0 Å². The van der Waals surface area contributed by atoms with E-state index in [-0.39, 0.29) is 11.5 Å². The van der Waals surface area contributed by atoms with Crippen LogP contribution in [0, 0.1) is 0 Å². The van der Waals surface area contributed by atoms with Crippen LogP contribution in [0.4, 0.5) is 60.9 Å². The summed E-state index contributed by atoms with van der Waals surface area (Å²) in [5, 5.41) is 0. The van der Waals surface area contributed by atoms with Gasteiger partial charge in [0.15, 0.2) is 12.4 Å². The SMILES string of the molecule is FC(F)(F)c1ccc(-c2cc(-c3cc[nH+]cc3)cc(-c3ccc(C(F)(F)F)cc3)[o+]2)cc1.F[B-](F)(F)F.F[B-](F)(F)F. The third-order valence-corrected chi connectivity index (χ3v) is 4.84. The van der Waals surface area contributed by atoms with Crippen molar-refractivity contribution in [2.75, 3.05) is 0 Å². The summed E-state index contributed by atoms with van der Waals surface area (Å²) in [5.74, 6) is 0.554. The molecule has 0 spiro atoms. The molecule has 0 amide bonds. The second-order valence-electron chi connectivity index (χ2n) is 8.00. The molecule has 0 aliphatic heterocycles. The summed E-state index contributed by atoms with van der Waals surface area (Å²) in [6, 6.07) is 15.9. The Morgan fingerprint density at radius 1 is 0.452 bits per heavy atom. The zero-order chi connectivity index (χ0) is 31.9. The van der Waals surface area contributed by atoms with Gasteiger partial charge in [-0.1, -0.05) is 0 Å². The summed E-state index contributed by atoms with van der Waals surface area (Å²) in [4.78, 5) is 2.90. The highest BCUT2D eigenvalue weighted by Gasteiger charge is 2.32. The van der Waals surface area contributed by atoms with Crippen molar-refractivity contribution in [3.63, 3.8) is 0 Å². The predicted molar refractivity (Wildman–Crippen MR) is 126 cm³/mol. The van der Waals surface area contributed by atoms with Gasteiger partial charge in [0.05, 0.1) is 34.4 Å². The normalized spacial score (nSPS) is 12.0. The lowest BCUT2D eigenvalue weighted by Gasteiger charge is -2.07. The maximum Gasteiger partial charge on any atom is 0.673 e.